The molecule has 0 fully saturated rings. The molecule has 0 atom stereocenters. The lowest BCUT2D eigenvalue weighted by Gasteiger charge is -2.12. The van der Waals surface area contributed by atoms with Crippen LogP contribution in [0.1, 0.15) is 16.8 Å². The van der Waals surface area contributed by atoms with E-state index in [2.05, 4.69) is 15.3 Å². The molecule has 0 spiro atoms. The van der Waals surface area contributed by atoms with Crippen LogP contribution in [0, 0.1) is 20.8 Å². The Hall–Kier alpha value is -2.40. The van der Waals surface area contributed by atoms with E-state index < -0.39 is 0 Å². The fraction of sp³-hybridized carbons (Fsp3) is 0.176. The van der Waals surface area contributed by atoms with E-state index in [1.165, 1.54) is 0 Å². The van der Waals surface area contributed by atoms with Gasteiger partial charge in [0.25, 0.3) is 0 Å². The lowest BCUT2D eigenvalue weighted by molar-refractivity contribution is 0.475. The molecule has 3 aromatic rings. The predicted molar refractivity (Wildman–Crippen MR) is 90.4 cm³/mol. The number of aryl methyl sites for hydroxylation is 3. The van der Waals surface area contributed by atoms with Gasteiger partial charge >= 0.3 is 0 Å². The van der Waals surface area contributed by atoms with Gasteiger partial charge < -0.3 is 10.1 Å². The maximum Gasteiger partial charge on any atom is 0.188 e. The average molecular weight is 311 g/mol. The van der Waals surface area contributed by atoms with Gasteiger partial charge in [0.05, 0.1) is 5.69 Å². The Morgan fingerprint density at radius 3 is 2.55 bits per heavy atom. The first-order chi connectivity index (χ1) is 10.6. The van der Waals surface area contributed by atoms with Gasteiger partial charge in [0.15, 0.2) is 5.13 Å². The third-order valence-corrected chi connectivity index (χ3v) is 4.09. The van der Waals surface area contributed by atoms with Gasteiger partial charge in [-0.2, -0.15) is 0 Å². The number of nitrogens with one attached hydrogen (secondary N) is 1. The summed E-state index contributed by atoms with van der Waals surface area (Å²) < 4.78 is 6.03. The molecule has 0 amide bonds. The van der Waals surface area contributed by atoms with Gasteiger partial charge in [0, 0.05) is 17.6 Å². The molecule has 0 aliphatic rings. The number of hydrogen-bond donors (Lipinski definition) is 1. The number of anilines is 2. The van der Waals surface area contributed by atoms with Gasteiger partial charge in [-0.15, -0.1) is 11.3 Å². The van der Waals surface area contributed by atoms with Crippen LogP contribution in [0.3, 0.4) is 0 Å². The largest absolute Gasteiger partial charge is 0.457 e. The van der Waals surface area contributed by atoms with E-state index in [1.807, 2.05) is 56.5 Å². The van der Waals surface area contributed by atoms with Crippen molar-refractivity contribution in [3.05, 3.63) is 58.7 Å². The Bertz CT molecular complexity index is 778. The summed E-state index contributed by atoms with van der Waals surface area (Å²) >= 11 is 1.56. The molecular weight excluding hydrogens is 294 g/mol. The maximum atomic E-state index is 6.03. The van der Waals surface area contributed by atoms with Crippen LogP contribution >= 0.6 is 11.3 Å². The van der Waals surface area contributed by atoms with Crippen LogP contribution in [0.15, 0.2) is 41.9 Å². The Morgan fingerprint density at radius 1 is 1.09 bits per heavy atom. The number of nitrogens with zero attached hydrogens (tertiary/aromatic N) is 2. The van der Waals surface area contributed by atoms with E-state index in [-0.39, 0.29) is 0 Å². The first-order valence-electron chi connectivity index (χ1n) is 7.01. The molecular formula is C17H17N3OS. The number of para-hydroxylation sites is 1. The summed E-state index contributed by atoms with van der Waals surface area (Å²) in [6.07, 6.45) is 1.73. The normalized spacial score (nSPS) is 10.5. The third-order valence-electron chi connectivity index (χ3n) is 3.21. The van der Waals surface area contributed by atoms with E-state index in [0.29, 0.717) is 0 Å². The monoisotopic (exact) mass is 311 g/mol. The van der Waals surface area contributed by atoms with Crippen molar-refractivity contribution in [2.45, 2.75) is 20.8 Å². The van der Waals surface area contributed by atoms with Crippen molar-refractivity contribution in [1.82, 2.24) is 9.97 Å². The fourth-order valence-electron chi connectivity index (χ4n) is 2.14. The SMILES string of the molecule is Cc1csc(Nc2cc(Oc3c(C)cccc3C)ccn2)n1. The molecule has 0 unspecified atom stereocenters. The van der Waals surface area contributed by atoms with E-state index in [1.54, 1.807) is 17.5 Å². The van der Waals surface area contributed by atoms with Gasteiger partial charge in [-0.05, 0) is 38.0 Å². The fourth-order valence-corrected chi connectivity index (χ4v) is 2.84. The molecule has 0 radical (unpaired) electrons. The van der Waals surface area contributed by atoms with Crippen LogP contribution in [0.2, 0.25) is 0 Å². The van der Waals surface area contributed by atoms with E-state index in [9.17, 15) is 0 Å². The first-order valence-corrected chi connectivity index (χ1v) is 7.89. The smallest absolute Gasteiger partial charge is 0.188 e. The maximum absolute atomic E-state index is 6.03. The van der Waals surface area contributed by atoms with Gasteiger partial charge in [-0.25, -0.2) is 9.97 Å². The van der Waals surface area contributed by atoms with Crippen LogP contribution in [0.5, 0.6) is 11.5 Å². The van der Waals surface area contributed by atoms with Gasteiger partial charge in [0.2, 0.25) is 0 Å². The molecule has 22 heavy (non-hydrogen) atoms. The van der Waals surface area contributed by atoms with Crippen LogP contribution in [-0.2, 0) is 0 Å². The second kappa shape index (κ2) is 6.15. The zero-order chi connectivity index (χ0) is 15.5. The highest BCUT2D eigenvalue weighted by Gasteiger charge is 2.07. The highest BCUT2D eigenvalue weighted by molar-refractivity contribution is 7.13. The molecule has 4 nitrogen and oxygen atoms in total. The van der Waals surface area contributed by atoms with Crippen molar-refractivity contribution < 1.29 is 4.74 Å². The lowest BCUT2D eigenvalue weighted by atomic mass is 10.1. The Labute approximate surface area is 133 Å². The molecule has 0 bridgehead atoms. The standard InChI is InChI=1S/C17H17N3OS/c1-11-5-4-6-12(2)16(11)21-14-7-8-18-15(9-14)20-17-19-13(3)10-22-17/h4-10H,1-3H3,(H,18,19,20). The van der Waals surface area contributed by atoms with Gasteiger partial charge in [-0.1, -0.05) is 18.2 Å². The topological polar surface area (TPSA) is 47.0 Å². The number of hydrogen-bond acceptors (Lipinski definition) is 5. The Balaban J connectivity index is 1.82. The van der Waals surface area contributed by atoms with Crippen molar-refractivity contribution in [2.24, 2.45) is 0 Å². The Morgan fingerprint density at radius 2 is 1.86 bits per heavy atom. The Kier molecular flexibility index (Phi) is 4.06. The highest BCUT2D eigenvalue weighted by atomic mass is 32.1. The quantitative estimate of drug-likeness (QED) is 0.736. The second-order valence-corrected chi connectivity index (χ2v) is 5.98. The number of rotatable bonds is 4. The number of ether oxygens (including phenoxy) is 1. The third kappa shape index (κ3) is 3.26. The molecule has 0 saturated heterocycles. The minimum Gasteiger partial charge on any atom is -0.457 e. The van der Waals surface area contributed by atoms with Crippen LogP contribution < -0.4 is 10.1 Å². The van der Waals surface area contributed by atoms with Crippen molar-refractivity contribution in [3.8, 4) is 11.5 Å². The molecule has 0 aliphatic carbocycles. The molecule has 112 valence electrons. The minimum absolute atomic E-state index is 0.720. The van der Waals surface area contributed by atoms with Gasteiger partial charge in [0.1, 0.15) is 17.3 Å². The van der Waals surface area contributed by atoms with Gasteiger partial charge in [-0.3, -0.25) is 0 Å². The summed E-state index contributed by atoms with van der Waals surface area (Å²) in [4.78, 5) is 8.68. The molecule has 0 saturated carbocycles. The lowest BCUT2D eigenvalue weighted by Crippen LogP contribution is -1.95. The summed E-state index contributed by atoms with van der Waals surface area (Å²) in [6.45, 7) is 6.05. The molecule has 2 heterocycles. The number of benzene rings is 1. The predicted octanol–water partition coefficient (Wildman–Crippen LogP) is 5.00. The zero-order valence-electron chi connectivity index (χ0n) is 12.8. The van der Waals surface area contributed by atoms with Crippen LogP contribution in [0.4, 0.5) is 10.9 Å². The molecule has 5 heteroatoms. The van der Waals surface area contributed by atoms with E-state index in [0.717, 1.165) is 39.3 Å². The molecule has 0 aliphatic heterocycles. The summed E-state index contributed by atoms with van der Waals surface area (Å²) in [5, 5.41) is 6.02. The molecule has 1 N–H and O–H groups in total. The van der Waals surface area contributed by atoms with E-state index >= 15 is 0 Å². The second-order valence-electron chi connectivity index (χ2n) is 5.12. The summed E-state index contributed by atoms with van der Waals surface area (Å²) in [6, 6.07) is 9.84. The van der Waals surface area contributed by atoms with Crippen LogP contribution in [0.25, 0.3) is 0 Å². The molecule has 3 rings (SSSR count). The van der Waals surface area contributed by atoms with E-state index in [4.69, 9.17) is 4.74 Å². The first kappa shape index (κ1) is 14.5. The van der Waals surface area contributed by atoms with Crippen LogP contribution in [-0.4, -0.2) is 9.97 Å². The van der Waals surface area contributed by atoms with Crippen molar-refractivity contribution in [3.63, 3.8) is 0 Å². The van der Waals surface area contributed by atoms with Crippen molar-refractivity contribution in [2.75, 3.05) is 5.32 Å². The highest BCUT2D eigenvalue weighted by Crippen LogP contribution is 2.30. The minimum atomic E-state index is 0.720. The van der Waals surface area contributed by atoms with Crippen molar-refractivity contribution in [1.29, 1.82) is 0 Å². The summed E-state index contributed by atoms with van der Waals surface area (Å²) in [7, 11) is 0. The summed E-state index contributed by atoms with van der Waals surface area (Å²) in [5.41, 5.74) is 3.22. The average Bonchev–Trinajstić information content (AvgIpc) is 2.89. The number of aromatic nitrogens is 2. The summed E-state index contributed by atoms with van der Waals surface area (Å²) in [5.74, 6) is 2.37. The zero-order valence-corrected chi connectivity index (χ0v) is 13.6. The molecule has 1 aromatic carbocycles. The number of pyridine rings is 1. The molecule has 2 aromatic heterocycles. The number of thiazole rings is 1. The van der Waals surface area contributed by atoms with Crippen molar-refractivity contribution >= 4 is 22.3 Å².